The molecule has 0 aliphatic rings. The lowest BCUT2D eigenvalue weighted by atomic mass is 10.0. The van der Waals surface area contributed by atoms with Crippen LogP contribution < -0.4 is 10.6 Å². The summed E-state index contributed by atoms with van der Waals surface area (Å²) in [5.74, 6) is -2.56. The van der Waals surface area contributed by atoms with Gasteiger partial charge in [0.05, 0.1) is 0 Å². The first-order valence-electron chi connectivity index (χ1n) is 7.71. The third-order valence-electron chi connectivity index (χ3n) is 2.41. The van der Waals surface area contributed by atoms with Crippen LogP contribution in [0.25, 0.3) is 11.1 Å². The molecule has 3 N–H and O–H groups in total. The first-order valence-corrected chi connectivity index (χ1v) is 7.71. The lowest BCUT2D eigenvalue weighted by Gasteiger charge is -2.24. The maximum absolute atomic E-state index is 11.7. The van der Waals surface area contributed by atoms with Crippen LogP contribution in [-0.2, 0) is 19.1 Å². The van der Waals surface area contributed by atoms with Crippen molar-refractivity contribution in [3.63, 3.8) is 0 Å². The summed E-state index contributed by atoms with van der Waals surface area (Å²) < 4.78 is 5.05. The van der Waals surface area contributed by atoms with Crippen molar-refractivity contribution < 1.29 is 38.6 Å². The number of ether oxygens (including phenoxy) is 1. The summed E-state index contributed by atoms with van der Waals surface area (Å²) in [5, 5.41) is 13.1. The maximum atomic E-state index is 11.7. The van der Waals surface area contributed by atoms with Gasteiger partial charge in [-0.3, -0.25) is 14.4 Å². The molecule has 0 aliphatic heterocycles. The van der Waals surface area contributed by atoms with Crippen LogP contribution in [0.4, 0.5) is 4.79 Å². The van der Waals surface area contributed by atoms with Gasteiger partial charge in [0.2, 0.25) is 5.91 Å². The van der Waals surface area contributed by atoms with Crippen molar-refractivity contribution in [2.45, 2.75) is 46.3 Å². The highest BCUT2D eigenvalue weighted by Crippen LogP contribution is 2.08. The van der Waals surface area contributed by atoms with Crippen LogP contribution in [-0.4, -0.2) is 69.1 Å². The van der Waals surface area contributed by atoms with Crippen LogP contribution in [0.2, 0.25) is 0 Å². The van der Waals surface area contributed by atoms with E-state index in [0.29, 0.717) is 12.4 Å². The number of amides is 2. The number of hydrogen-bond acceptors (Lipinski definition) is 5. The van der Waals surface area contributed by atoms with Gasteiger partial charge in [-0.25, -0.2) is 4.79 Å². The molecule has 1 unspecified atom stereocenters. The molecule has 0 bridgehead atoms. The number of nitrogens with zero attached hydrogens (tertiary/aromatic N) is 4. The highest BCUT2D eigenvalue weighted by Gasteiger charge is 2.26. The Morgan fingerprint density at radius 3 is 1.93 bits per heavy atom. The van der Waals surface area contributed by atoms with Gasteiger partial charge in [-0.15, -0.1) is 0 Å². The highest BCUT2D eigenvalue weighted by molar-refractivity contribution is 6.50. The fraction of sp³-hybridized carbons (Fsp3) is 0.600. The lowest BCUT2D eigenvalue weighted by molar-refractivity contribution is -0.138. The van der Waals surface area contributed by atoms with Gasteiger partial charge in [-0.05, 0) is 26.7 Å². The molecule has 12 nitrogen and oxygen atoms in total. The number of carboxylic acid groups (broad SMARTS) is 1. The average molecular weight is 384 g/mol. The van der Waals surface area contributed by atoms with Gasteiger partial charge in [0.1, 0.15) is 18.2 Å². The second-order valence-corrected chi connectivity index (χ2v) is 6.37. The Labute approximate surface area is 156 Å². The minimum Gasteiger partial charge on any atom is -0.480 e. The number of Topliss-reactive ketones (excluding diaryl/α,β-unsaturated/α-hetero) is 1. The Morgan fingerprint density at radius 1 is 1.11 bits per heavy atom. The van der Waals surface area contributed by atoms with E-state index in [0.717, 1.165) is 0 Å². The van der Waals surface area contributed by atoms with Gasteiger partial charge >= 0.3 is 30.3 Å². The smallest absolute Gasteiger partial charge is 0.408 e. The van der Waals surface area contributed by atoms with Crippen LogP contribution in [0.1, 0.15) is 34.6 Å². The van der Waals surface area contributed by atoms with E-state index in [2.05, 4.69) is 20.2 Å². The third-order valence-corrected chi connectivity index (χ3v) is 2.41. The molecule has 2 amide bonds. The van der Waals surface area contributed by atoms with Crippen molar-refractivity contribution in [2.24, 2.45) is 5.92 Å². The van der Waals surface area contributed by atoms with Crippen LogP contribution in [0.3, 0.4) is 0 Å². The van der Waals surface area contributed by atoms with Crippen molar-refractivity contribution in [3.8, 4) is 0 Å². The summed E-state index contributed by atoms with van der Waals surface area (Å²) in [6.07, 6.45) is 0.510. The summed E-state index contributed by atoms with van der Waals surface area (Å²) in [5.41, 5.74) is 14.7. The number of carbonyl (C=O) groups excluding carboxylic acids is 3. The topological polar surface area (TPSA) is 195 Å². The summed E-state index contributed by atoms with van der Waals surface area (Å²) in [6, 6.07) is -0.839. The zero-order valence-electron chi connectivity index (χ0n) is 15.8. The standard InChI is InChI=1S/C12H22N2O5.C3H2N4O/c1-7(2)9(10(17)13-6-8(15)16)14-11(18)19-12(3,4)5;4-6-1-3(8)2-7-5/h7,9H,6H2,1-5H3,(H,13,17)(H,14,18)(H,15,16);1-2H. The number of carbonyl (C=O) groups is 4. The Morgan fingerprint density at radius 2 is 1.59 bits per heavy atom. The molecule has 1 atom stereocenters. The molecule has 0 rings (SSSR count). The molecule has 0 spiro atoms. The minimum absolute atomic E-state index is 0.193. The molecule has 0 aromatic carbocycles. The van der Waals surface area contributed by atoms with E-state index in [1.54, 1.807) is 34.6 Å². The number of aliphatic carboxylic acids is 1. The molecule has 150 valence electrons. The van der Waals surface area contributed by atoms with Crippen molar-refractivity contribution in [1.82, 2.24) is 10.6 Å². The number of alkyl carbamates (subject to hydrolysis) is 1. The zero-order valence-corrected chi connectivity index (χ0v) is 15.8. The highest BCUT2D eigenvalue weighted by atomic mass is 16.6. The second-order valence-electron chi connectivity index (χ2n) is 6.37. The number of rotatable bonds is 7. The quantitative estimate of drug-likeness (QED) is 0.311. The molecule has 0 aromatic rings. The Kier molecular flexibility index (Phi) is 12.4. The lowest BCUT2D eigenvalue weighted by Crippen LogP contribution is -2.51. The van der Waals surface area contributed by atoms with E-state index in [1.807, 2.05) is 0 Å². The normalized spacial score (nSPS) is 10.7. The predicted octanol–water partition coefficient (Wildman–Crippen LogP) is -0.107. The molecule has 27 heavy (non-hydrogen) atoms. The summed E-state index contributed by atoms with van der Waals surface area (Å²) in [6.45, 7) is 8.12. The van der Waals surface area contributed by atoms with Gasteiger partial charge in [-0.1, -0.05) is 13.8 Å². The Bertz CT molecular complexity index is 622. The first kappa shape index (κ1) is 25.9. The number of carboxylic acids is 1. The molecule has 0 heterocycles. The van der Waals surface area contributed by atoms with Gasteiger partial charge in [0, 0.05) is 0 Å². The monoisotopic (exact) mass is 384 g/mol. The molecule has 0 fully saturated rings. The van der Waals surface area contributed by atoms with Crippen LogP contribution in [0.5, 0.6) is 0 Å². The molecule has 0 saturated heterocycles. The fourth-order valence-corrected chi connectivity index (χ4v) is 1.39. The third kappa shape index (κ3) is 15.9. The van der Waals surface area contributed by atoms with E-state index in [9.17, 15) is 19.2 Å². The molecule has 0 saturated carbocycles. The van der Waals surface area contributed by atoms with Crippen LogP contribution in [0.15, 0.2) is 0 Å². The van der Waals surface area contributed by atoms with Crippen LogP contribution >= 0.6 is 0 Å². The number of hydrogen-bond donors (Lipinski definition) is 3. The van der Waals surface area contributed by atoms with Crippen LogP contribution in [0, 0.1) is 5.92 Å². The SMILES string of the molecule is CC(C)C(NC(=O)OC(C)(C)C)C(=O)NCC(=O)O.[N-]=[N+]=CC(=O)C=[N+]=[N-]. The summed E-state index contributed by atoms with van der Waals surface area (Å²) in [7, 11) is 0. The molecule has 0 aliphatic carbocycles. The number of nitrogens with one attached hydrogen (secondary N) is 2. The van der Waals surface area contributed by atoms with Crippen molar-refractivity contribution in [3.05, 3.63) is 11.1 Å². The average Bonchev–Trinajstić information content (AvgIpc) is 2.49. The zero-order chi connectivity index (χ0) is 21.6. The van der Waals surface area contributed by atoms with Crippen molar-refractivity contribution >= 4 is 36.2 Å². The van der Waals surface area contributed by atoms with E-state index in [-0.39, 0.29) is 5.92 Å². The number of ketones is 1. The van der Waals surface area contributed by atoms with Crippen molar-refractivity contribution in [2.75, 3.05) is 6.54 Å². The molecule has 0 radical (unpaired) electrons. The largest absolute Gasteiger partial charge is 0.480 e. The predicted molar refractivity (Wildman–Crippen MR) is 93.0 cm³/mol. The summed E-state index contributed by atoms with van der Waals surface area (Å²) >= 11 is 0. The second kappa shape index (κ2) is 12.9. The molecular weight excluding hydrogens is 360 g/mol. The Hall–Kier alpha value is -3.36. The maximum Gasteiger partial charge on any atom is 0.408 e. The van der Waals surface area contributed by atoms with Gasteiger partial charge in [0.15, 0.2) is 0 Å². The van der Waals surface area contributed by atoms with E-state index in [4.69, 9.17) is 20.9 Å². The van der Waals surface area contributed by atoms with Gasteiger partial charge < -0.3 is 31.5 Å². The molecule has 0 aromatic heterocycles. The van der Waals surface area contributed by atoms with E-state index >= 15 is 0 Å². The minimum atomic E-state index is -1.15. The first-order chi connectivity index (χ1) is 12.3. The molecular formula is C15H24N6O6. The summed E-state index contributed by atoms with van der Waals surface area (Å²) in [4.78, 5) is 48.5. The van der Waals surface area contributed by atoms with Gasteiger partial charge in [0.25, 0.3) is 0 Å². The Balaban J connectivity index is 0. The molecule has 12 heteroatoms. The van der Waals surface area contributed by atoms with Gasteiger partial charge in [-0.2, -0.15) is 9.58 Å². The van der Waals surface area contributed by atoms with Crippen molar-refractivity contribution in [1.29, 1.82) is 0 Å². The fourth-order valence-electron chi connectivity index (χ4n) is 1.39. The van der Waals surface area contributed by atoms with E-state index in [1.165, 1.54) is 0 Å². The van der Waals surface area contributed by atoms with E-state index < -0.39 is 41.9 Å².